The number of fused-ring (bicyclic) bond motifs is 1. The van der Waals surface area contributed by atoms with Crippen LogP contribution in [0.5, 0.6) is 0 Å². The Morgan fingerprint density at radius 2 is 1.96 bits per heavy atom. The molecule has 0 fully saturated rings. The van der Waals surface area contributed by atoms with Crippen molar-refractivity contribution in [3.05, 3.63) is 52.6 Å². The molecule has 27 heavy (non-hydrogen) atoms. The maximum atomic E-state index is 12.5. The quantitative estimate of drug-likeness (QED) is 0.653. The van der Waals surface area contributed by atoms with Crippen LogP contribution in [0.25, 0.3) is 20.7 Å². The van der Waals surface area contributed by atoms with E-state index in [0.717, 1.165) is 10.4 Å². The number of aromatic nitrogens is 2. The number of hydrogen-bond acceptors (Lipinski definition) is 6. The van der Waals surface area contributed by atoms with E-state index < -0.39 is 9.84 Å². The molecule has 0 amide bonds. The topological polar surface area (TPSA) is 83.1 Å². The highest BCUT2D eigenvalue weighted by atomic mass is 32.2. The molecule has 0 saturated heterocycles. The standard InChI is InChI=1S/C19H23N3O3S2/c1-4-22(13(2)12-27(3,24)25)11-17-20-18(23)15-10-16(26-19(15)21-17)14-8-6-5-7-9-14/h5-10,13H,4,11-12H2,1-3H3,(H,20,21,23). The molecule has 0 aliphatic heterocycles. The molecule has 1 atom stereocenters. The molecule has 3 aromatic rings. The van der Waals surface area contributed by atoms with Gasteiger partial charge in [0.05, 0.1) is 17.7 Å². The van der Waals surface area contributed by atoms with Crippen LogP contribution in [0.3, 0.4) is 0 Å². The number of sulfone groups is 1. The molecule has 144 valence electrons. The maximum Gasteiger partial charge on any atom is 0.259 e. The molecule has 0 bridgehead atoms. The SMILES string of the molecule is CCN(Cc1nc2sc(-c3ccccc3)cc2c(=O)[nH]1)C(C)CS(C)(=O)=O. The van der Waals surface area contributed by atoms with Gasteiger partial charge in [0.15, 0.2) is 0 Å². The highest BCUT2D eigenvalue weighted by Crippen LogP contribution is 2.30. The van der Waals surface area contributed by atoms with Gasteiger partial charge in [0, 0.05) is 17.2 Å². The molecule has 6 nitrogen and oxygen atoms in total. The summed E-state index contributed by atoms with van der Waals surface area (Å²) in [7, 11) is -3.07. The van der Waals surface area contributed by atoms with Gasteiger partial charge in [0.2, 0.25) is 0 Å². The molecule has 0 spiro atoms. The largest absolute Gasteiger partial charge is 0.309 e. The minimum Gasteiger partial charge on any atom is -0.309 e. The zero-order valence-corrected chi connectivity index (χ0v) is 17.2. The maximum absolute atomic E-state index is 12.5. The van der Waals surface area contributed by atoms with Crippen molar-refractivity contribution in [3.8, 4) is 10.4 Å². The van der Waals surface area contributed by atoms with Gasteiger partial charge in [-0.05, 0) is 25.1 Å². The minimum absolute atomic E-state index is 0.0739. The first-order valence-corrected chi connectivity index (χ1v) is 11.6. The van der Waals surface area contributed by atoms with Crippen LogP contribution in [-0.2, 0) is 16.4 Å². The van der Waals surface area contributed by atoms with Crippen LogP contribution >= 0.6 is 11.3 Å². The van der Waals surface area contributed by atoms with Crippen molar-refractivity contribution in [2.45, 2.75) is 26.4 Å². The van der Waals surface area contributed by atoms with Crippen LogP contribution in [0.15, 0.2) is 41.2 Å². The zero-order chi connectivity index (χ0) is 19.6. The molecule has 1 aromatic carbocycles. The van der Waals surface area contributed by atoms with Crippen molar-refractivity contribution in [3.63, 3.8) is 0 Å². The van der Waals surface area contributed by atoms with E-state index in [9.17, 15) is 13.2 Å². The number of benzene rings is 1. The average molecular weight is 406 g/mol. The summed E-state index contributed by atoms with van der Waals surface area (Å²) >= 11 is 1.49. The first-order valence-electron chi connectivity index (χ1n) is 8.76. The van der Waals surface area contributed by atoms with Gasteiger partial charge in [-0.15, -0.1) is 11.3 Å². The highest BCUT2D eigenvalue weighted by Gasteiger charge is 2.19. The van der Waals surface area contributed by atoms with Crippen molar-refractivity contribution in [1.82, 2.24) is 14.9 Å². The lowest BCUT2D eigenvalue weighted by Crippen LogP contribution is -2.38. The lowest BCUT2D eigenvalue weighted by atomic mass is 10.2. The van der Waals surface area contributed by atoms with Crippen LogP contribution in [0.4, 0.5) is 0 Å². The van der Waals surface area contributed by atoms with Crippen LogP contribution < -0.4 is 5.56 Å². The fraction of sp³-hybridized carbons (Fsp3) is 0.368. The number of nitrogens with zero attached hydrogens (tertiary/aromatic N) is 2. The summed E-state index contributed by atoms with van der Waals surface area (Å²) < 4.78 is 23.2. The average Bonchev–Trinajstić information content (AvgIpc) is 3.03. The second-order valence-electron chi connectivity index (χ2n) is 6.71. The number of H-pyrrole nitrogens is 1. The summed E-state index contributed by atoms with van der Waals surface area (Å²) in [5.74, 6) is 0.626. The van der Waals surface area contributed by atoms with Crippen molar-refractivity contribution >= 4 is 31.4 Å². The van der Waals surface area contributed by atoms with Crippen molar-refractivity contribution < 1.29 is 8.42 Å². The Hall–Kier alpha value is -2.03. The normalized spacial score (nSPS) is 13.3. The van der Waals surface area contributed by atoms with E-state index in [-0.39, 0.29) is 17.4 Å². The molecule has 8 heteroatoms. The fourth-order valence-corrected chi connectivity index (χ4v) is 5.25. The number of hydrogen-bond donors (Lipinski definition) is 1. The van der Waals surface area contributed by atoms with Crippen molar-refractivity contribution in [2.24, 2.45) is 0 Å². The molecule has 1 N–H and O–H groups in total. The van der Waals surface area contributed by atoms with Gasteiger partial charge in [-0.1, -0.05) is 37.3 Å². The van der Waals surface area contributed by atoms with Gasteiger partial charge >= 0.3 is 0 Å². The van der Waals surface area contributed by atoms with E-state index in [1.807, 2.05) is 55.1 Å². The Morgan fingerprint density at radius 3 is 2.59 bits per heavy atom. The highest BCUT2D eigenvalue weighted by molar-refractivity contribution is 7.90. The Kier molecular flexibility index (Phi) is 5.78. The number of nitrogens with one attached hydrogen (secondary N) is 1. The van der Waals surface area contributed by atoms with E-state index >= 15 is 0 Å². The second kappa shape index (κ2) is 7.92. The molecule has 0 aliphatic rings. The molecular formula is C19H23N3O3S2. The first-order chi connectivity index (χ1) is 12.8. The van der Waals surface area contributed by atoms with Gasteiger partial charge in [0.1, 0.15) is 20.5 Å². The summed E-state index contributed by atoms with van der Waals surface area (Å²) in [6.07, 6.45) is 1.24. The van der Waals surface area contributed by atoms with Gasteiger partial charge in [0.25, 0.3) is 5.56 Å². The summed E-state index contributed by atoms with van der Waals surface area (Å²) in [4.78, 5) is 23.7. The molecule has 3 rings (SSSR count). The van der Waals surface area contributed by atoms with Gasteiger partial charge in [-0.25, -0.2) is 13.4 Å². The van der Waals surface area contributed by atoms with Crippen LogP contribution in [0, 0.1) is 0 Å². The summed E-state index contributed by atoms with van der Waals surface area (Å²) in [5, 5.41) is 0.579. The predicted molar refractivity (Wildman–Crippen MR) is 111 cm³/mol. The molecule has 0 aliphatic carbocycles. The lowest BCUT2D eigenvalue weighted by Gasteiger charge is -2.26. The van der Waals surface area contributed by atoms with Gasteiger partial charge in [-0.2, -0.15) is 0 Å². The first kappa shape index (κ1) is 19.7. The van der Waals surface area contributed by atoms with E-state index in [4.69, 9.17) is 0 Å². The number of rotatable bonds is 7. The van der Waals surface area contributed by atoms with Crippen molar-refractivity contribution in [1.29, 1.82) is 0 Å². The van der Waals surface area contributed by atoms with Gasteiger partial charge in [-0.3, -0.25) is 9.69 Å². The molecule has 2 aromatic heterocycles. The Balaban J connectivity index is 1.90. The summed E-state index contributed by atoms with van der Waals surface area (Å²) in [6.45, 7) is 4.91. The van der Waals surface area contributed by atoms with Crippen molar-refractivity contribution in [2.75, 3.05) is 18.6 Å². The Bertz CT molecular complexity index is 1090. The van der Waals surface area contributed by atoms with E-state index in [0.29, 0.717) is 29.1 Å². The molecule has 2 heterocycles. The van der Waals surface area contributed by atoms with E-state index in [1.165, 1.54) is 17.6 Å². The monoisotopic (exact) mass is 405 g/mol. The predicted octanol–water partition coefficient (Wildman–Crippen LogP) is 2.91. The lowest BCUT2D eigenvalue weighted by molar-refractivity contribution is 0.221. The summed E-state index contributed by atoms with van der Waals surface area (Å²) in [6, 6.07) is 11.6. The minimum atomic E-state index is -3.07. The number of thiophene rings is 1. The van der Waals surface area contributed by atoms with Crippen LogP contribution in [-0.4, -0.2) is 47.9 Å². The second-order valence-corrected chi connectivity index (χ2v) is 9.93. The fourth-order valence-electron chi connectivity index (χ4n) is 3.11. The molecular weight excluding hydrogens is 382 g/mol. The molecule has 0 radical (unpaired) electrons. The Morgan fingerprint density at radius 1 is 1.26 bits per heavy atom. The van der Waals surface area contributed by atoms with E-state index in [2.05, 4.69) is 9.97 Å². The molecule has 0 saturated carbocycles. The molecule has 1 unspecified atom stereocenters. The van der Waals surface area contributed by atoms with Gasteiger partial charge < -0.3 is 4.98 Å². The third-order valence-corrected chi connectivity index (χ3v) is 6.60. The Labute approximate surface area is 162 Å². The van der Waals surface area contributed by atoms with Crippen LogP contribution in [0.1, 0.15) is 19.7 Å². The summed E-state index contributed by atoms with van der Waals surface area (Å²) in [5.41, 5.74) is 0.888. The van der Waals surface area contributed by atoms with E-state index in [1.54, 1.807) is 0 Å². The number of aromatic amines is 1. The third kappa shape index (κ3) is 4.82. The van der Waals surface area contributed by atoms with Crippen LogP contribution in [0.2, 0.25) is 0 Å². The third-order valence-electron chi connectivity index (χ3n) is 4.44. The zero-order valence-electron chi connectivity index (χ0n) is 15.6. The smallest absolute Gasteiger partial charge is 0.259 e.